The van der Waals surface area contributed by atoms with Crippen LogP contribution in [0.3, 0.4) is 0 Å². The van der Waals surface area contributed by atoms with Gasteiger partial charge in [0.2, 0.25) is 0 Å². The van der Waals surface area contributed by atoms with Crippen LogP contribution in [0.1, 0.15) is 11.4 Å². The summed E-state index contributed by atoms with van der Waals surface area (Å²) in [6, 6.07) is 26.7. The molecule has 4 aromatic rings. The fourth-order valence-electron chi connectivity index (χ4n) is 3.11. The van der Waals surface area contributed by atoms with Crippen molar-refractivity contribution in [1.82, 2.24) is 15.0 Å². The van der Waals surface area contributed by atoms with Gasteiger partial charge in [0.15, 0.2) is 11.6 Å². The molecule has 0 spiro atoms. The molecule has 0 atom stereocenters. The molecule has 0 saturated heterocycles. The van der Waals surface area contributed by atoms with E-state index in [9.17, 15) is 0 Å². The molecule has 0 aliphatic carbocycles. The van der Waals surface area contributed by atoms with E-state index in [1.165, 1.54) is 11.1 Å². The first-order valence-electron chi connectivity index (χ1n) is 8.66. The van der Waals surface area contributed by atoms with E-state index in [-0.39, 0.29) is 0 Å². The number of aromatic nitrogens is 3. The number of rotatable bonds is 3. The molecule has 0 fully saturated rings. The van der Waals surface area contributed by atoms with Gasteiger partial charge in [-0.05, 0) is 30.5 Å². The third-order valence-corrected chi connectivity index (χ3v) is 4.38. The van der Waals surface area contributed by atoms with Crippen LogP contribution in [0.2, 0.25) is 0 Å². The maximum Gasteiger partial charge on any atom is 0.164 e. The average molecular weight is 337 g/mol. The van der Waals surface area contributed by atoms with E-state index < -0.39 is 0 Å². The maximum absolute atomic E-state index is 4.77. The Hall–Kier alpha value is -3.33. The monoisotopic (exact) mass is 337 g/mol. The van der Waals surface area contributed by atoms with Crippen LogP contribution in [-0.2, 0) is 0 Å². The summed E-state index contributed by atoms with van der Waals surface area (Å²) < 4.78 is 0. The van der Waals surface area contributed by atoms with Crippen molar-refractivity contribution < 1.29 is 0 Å². The fraction of sp³-hybridized carbons (Fsp3) is 0.0870. The lowest BCUT2D eigenvalue weighted by molar-refractivity contribution is 0.992. The van der Waals surface area contributed by atoms with Gasteiger partial charge in [-0.2, -0.15) is 0 Å². The second-order valence-electron chi connectivity index (χ2n) is 6.26. The van der Waals surface area contributed by atoms with Crippen LogP contribution < -0.4 is 0 Å². The molecule has 0 bridgehead atoms. The lowest BCUT2D eigenvalue weighted by atomic mass is 9.95. The minimum Gasteiger partial charge on any atom is -0.213 e. The Balaban J connectivity index is 1.90. The summed E-state index contributed by atoms with van der Waals surface area (Å²) in [5.41, 5.74) is 5.57. The van der Waals surface area contributed by atoms with E-state index in [0.717, 1.165) is 16.7 Å². The van der Waals surface area contributed by atoms with Gasteiger partial charge in [-0.1, -0.05) is 78.9 Å². The second kappa shape index (κ2) is 6.89. The standard InChI is InChI=1S/C23H19N3/c1-16-10-6-7-13-19(16)20-14-8-9-15-21(20)23-25-17(2)24-22(26-23)18-11-4-3-5-12-18/h3-15H,1-2H3. The molecule has 26 heavy (non-hydrogen) atoms. The third-order valence-electron chi connectivity index (χ3n) is 4.38. The van der Waals surface area contributed by atoms with Gasteiger partial charge in [-0.3, -0.25) is 0 Å². The molecule has 0 saturated carbocycles. The highest BCUT2D eigenvalue weighted by molar-refractivity contribution is 5.82. The molecule has 1 heterocycles. The first kappa shape index (κ1) is 16.2. The molecule has 3 aromatic carbocycles. The highest BCUT2D eigenvalue weighted by atomic mass is 15.0. The molecule has 0 N–H and O–H groups in total. The summed E-state index contributed by atoms with van der Waals surface area (Å²) in [6.45, 7) is 4.04. The van der Waals surface area contributed by atoms with Crippen LogP contribution in [0.5, 0.6) is 0 Å². The molecule has 0 unspecified atom stereocenters. The van der Waals surface area contributed by atoms with Crippen molar-refractivity contribution in [2.24, 2.45) is 0 Å². The molecule has 0 amide bonds. The van der Waals surface area contributed by atoms with Crippen LogP contribution >= 0.6 is 0 Å². The summed E-state index contributed by atoms with van der Waals surface area (Å²) in [6.07, 6.45) is 0. The van der Waals surface area contributed by atoms with Crippen molar-refractivity contribution in [1.29, 1.82) is 0 Å². The smallest absolute Gasteiger partial charge is 0.164 e. The predicted molar refractivity (Wildman–Crippen MR) is 106 cm³/mol. The minimum absolute atomic E-state index is 0.702. The van der Waals surface area contributed by atoms with Gasteiger partial charge >= 0.3 is 0 Å². The van der Waals surface area contributed by atoms with Crippen molar-refractivity contribution >= 4 is 0 Å². The highest BCUT2D eigenvalue weighted by Crippen LogP contribution is 2.32. The summed E-state index contributed by atoms with van der Waals surface area (Å²) >= 11 is 0. The summed E-state index contributed by atoms with van der Waals surface area (Å²) in [5.74, 6) is 2.12. The molecule has 3 heteroatoms. The van der Waals surface area contributed by atoms with Crippen molar-refractivity contribution in [3.05, 3.63) is 90.3 Å². The van der Waals surface area contributed by atoms with Crippen molar-refractivity contribution in [3.8, 4) is 33.9 Å². The van der Waals surface area contributed by atoms with Gasteiger partial charge in [0, 0.05) is 11.1 Å². The molecular weight excluding hydrogens is 318 g/mol. The van der Waals surface area contributed by atoms with Gasteiger partial charge in [0.25, 0.3) is 0 Å². The SMILES string of the molecule is Cc1nc(-c2ccccc2)nc(-c2ccccc2-c2ccccc2C)n1. The number of aryl methyl sites for hydroxylation is 2. The Kier molecular flexibility index (Phi) is 4.28. The van der Waals surface area contributed by atoms with Gasteiger partial charge in [0.1, 0.15) is 5.82 Å². The zero-order valence-electron chi connectivity index (χ0n) is 14.8. The first-order chi connectivity index (χ1) is 12.7. The number of hydrogen-bond donors (Lipinski definition) is 0. The van der Waals surface area contributed by atoms with Gasteiger partial charge in [-0.15, -0.1) is 0 Å². The molecule has 126 valence electrons. The van der Waals surface area contributed by atoms with Crippen molar-refractivity contribution in [2.75, 3.05) is 0 Å². The Bertz CT molecular complexity index is 1060. The summed E-state index contributed by atoms with van der Waals surface area (Å²) in [5, 5.41) is 0. The normalized spacial score (nSPS) is 10.7. The zero-order chi connectivity index (χ0) is 17.9. The van der Waals surface area contributed by atoms with Crippen molar-refractivity contribution in [2.45, 2.75) is 13.8 Å². The maximum atomic E-state index is 4.77. The molecule has 0 aliphatic rings. The Morgan fingerprint density at radius 3 is 1.81 bits per heavy atom. The number of hydrogen-bond acceptors (Lipinski definition) is 3. The zero-order valence-corrected chi connectivity index (χ0v) is 14.8. The lowest BCUT2D eigenvalue weighted by Crippen LogP contribution is -2.00. The van der Waals surface area contributed by atoms with Crippen LogP contribution in [0.4, 0.5) is 0 Å². The van der Waals surface area contributed by atoms with Gasteiger partial charge < -0.3 is 0 Å². The summed E-state index contributed by atoms with van der Waals surface area (Å²) in [7, 11) is 0. The molecular formula is C23H19N3. The number of nitrogens with zero attached hydrogens (tertiary/aromatic N) is 3. The van der Waals surface area contributed by atoms with Crippen LogP contribution in [-0.4, -0.2) is 15.0 Å². The lowest BCUT2D eigenvalue weighted by Gasteiger charge is -2.12. The molecule has 1 aromatic heterocycles. The molecule has 3 nitrogen and oxygen atoms in total. The highest BCUT2D eigenvalue weighted by Gasteiger charge is 2.13. The Morgan fingerprint density at radius 2 is 1.08 bits per heavy atom. The quantitative estimate of drug-likeness (QED) is 0.496. The largest absolute Gasteiger partial charge is 0.213 e. The topological polar surface area (TPSA) is 38.7 Å². The molecule has 4 rings (SSSR count). The average Bonchev–Trinajstić information content (AvgIpc) is 2.69. The summed E-state index contributed by atoms with van der Waals surface area (Å²) in [4.78, 5) is 13.9. The van der Waals surface area contributed by atoms with E-state index in [1.54, 1.807) is 0 Å². The predicted octanol–water partition coefficient (Wildman–Crippen LogP) is 5.49. The van der Waals surface area contributed by atoms with Gasteiger partial charge in [0.05, 0.1) is 0 Å². The van der Waals surface area contributed by atoms with E-state index in [1.807, 2.05) is 43.3 Å². The van der Waals surface area contributed by atoms with Crippen LogP contribution in [0.25, 0.3) is 33.9 Å². The van der Waals surface area contributed by atoms with Gasteiger partial charge in [-0.25, -0.2) is 15.0 Å². The van der Waals surface area contributed by atoms with Crippen LogP contribution in [0, 0.1) is 13.8 Å². The first-order valence-corrected chi connectivity index (χ1v) is 8.66. The van der Waals surface area contributed by atoms with E-state index >= 15 is 0 Å². The minimum atomic E-state index is 0.702. The Labute approximate surface area is 153 Å². The fourth-order valence-corrected chi connectivity index (χ4v) is 3.11. The Morgan fingerprint density at radius 1 is 0.500 bits per heavy atom. The second-order valence-corrected chi connectivity index (χ2v) is 6.26. The molecule has 0 radical (unpaired) electrons. The third kappa shape index (κ3) is 3.11. The van der Waals surface area contributed by atoms with Crippen molar-refractivity contribution in [3.63, 3.8) is 0 Å². The van der Waals surface area contributed by atoms with Crippen LogP contribution in [0.15, 0.2) is 78.9 Å². The molecule has 0 aliphatic heterocycles. The van der Waals surface area contributed by atoms with E-state index in [2.05, 4.69) is 59.4 Å². The number of benzene rings is 3. The van der Waals surface area contributed by atoms with E-state index in [4.69, 9.17) is 4.98 Å². The van der Waals surface area contributed by atoms with E-state index in [0.29, 0.717) is 17.5 Å².